The number of para-hydroxylation sites is 1. The van der Waals surface area contributed by atoms with E-state index < -0.39 is 0 Å². The molecule has 0 aliphatic rings. The molecular weight excluding hydrogens is 326 g/mol. The van der Waals surface area contributed by atoms with E-state index >= 15 is 0 Å². The molecule has 0 radical (unpaired) electrons. The summed E-state index contributed by atoms with van der Waals surface area (Å²) in [5.41, 5.74) is 2.81. The Morgan fingerprint density at radius 2 is 2.00 bits per heavy atom. The second kappa shape index (κ2) is 8.40. The highest BCUT2D eigenvalue weighted by atomic mass is 16.1. The molecule has 2 N–H and O–H groups in total. The fourth-order valence-electron chi connectivity index (χ4n) is 2.69. The Balaban J connectivity index is 1.69. The first kappa shape index (κ1) is 17.8. The van der Waals surface area contributed by atoms with Crippen LogP contribution in [0.4, 0.5) is 11.4 Å². The maximum absolute atomic E-state index is 12.6. The Kier molecular flexibility index (Phi) is 5.76. The van der Waals surface area contributed by atoms with Crippen LogP contribution in [0, 0.1) is 0 Å². The van der Waals surface area contributed by atoms with Gasteiger partial charge in [0, 0.05) is 30.5 Å². The van der Waals surface area contributed by atoms with Crippen LogP contribution in [0.3, 0.4) is 0 Å². The van der Waals surface area contributed by atoms with E-state index in [1.54, 1.807) is 18.6 Å². The van der Waals surface area contributed by atoms with Crippen molar-refractivity contribution >= 4 is 28.2 Å². The Bertz CT molecular complexity index is 889. The molecule has 2 aromatic heterocycles. The number of hydrogen-bond donors (Lipinski definition) is 2. The van der Waals surface area contributed by atoms with Crippen molar-refractivity contribution in [1.82, 2.24) is 14.9 Å². The monoisotopic (exact) mass is 349 g/mol. The van der Waals surface area contributed by atoms with Crippen LogP contribution in [0.15, 0.2) is 55.0 Å². The minimum absolute atomic E-state index is 0.201. The summed E-state index contributed by atoms with van der Waals surface area (Å²) >= 11 is 0. The van der Waals surface area contributed by atoms with Crippen molar-refractivity contribution in [2.75, 3.05) is 37.8 Å². The molecule has 26 heavy (non-hydrogen) atoms. The third-order valence-electron chi connectivity index (χ3n) is 3.99. The average molecular weight is 349 g/mol. The Hall–Kier alpha value is -2.99. The number of aromatic nitrogens is 2. The average Bonchev–Trinajstić information content (AvgIpc) is 2.66. The molecule has 1 amide bonds. The number of benzene rings is 1. The van der Waals surface area contributed by atoms with Crippen molar-refractivity contribution in [2.24, 2.45) is 0 Å². The van der Waals surface area contributed by atoms with E-state index in [1.165, 1.54) is 0 Å². The van der Waals surface area contributed by atoms with Gasteiger partial charge in [-0.25, -0.2) is 0 Å². The largest absolute Gasteiger partial charge is 0.384 e. The van der Waals surface area contributed by atoms with Gasteiger partial charge in [0.25, 0.3) is 5.91 Å². The van der Waals surface area contributed by atoms with Gasteiger partial charge >= 0.3 is 0 Å². The number of rotatable bonds is 7. The molecule has 6 heteroatoms. The van der Waals surface area contributed by atoms with Crippen LogP contribution >= 0.6 is 0 Å². The summed E-state index contributed by atoms with van der Waals surface area (Å²) < 4.78 is 0. The van der Waals surface area contributed by atoms with Crippen molar-refractivity contribution in [2.45, 2.75) is 6.42 Å². The normalized spacial score (nSPS) is 10.9. The van der Waals surface area contributed by atoms with Crippen molar-refractivity contribution in [1.29, 1.82) is 0 Å². The quantitative estimate of drug-likeness (QED) is 0.641. The lowest BCUT2D eigenvalue weighted by atomic mass is 10.2. The van der Waals surface area contributed by atoms with Crippen LogP contribution in [-0.4, -0.2) is 48.0 Å². The van der Waals surface area contributed by atoms with Crippen molar-refractivity contribution in [3.05, 3.63) is 60.6 Å². The molecule has 3 aromatic rings. The molecular formula is C20H23N5O. The Morgan fingerprint density at radius 3 is 2.85 bits per heavy atom. The van der Waals surface area contributed by atoms with E-state index in [2.05, 4.69) is 39.6 Å². The summed E-state index contributed by atoms with van der Waals surface area (Å²) in [6.07, 6.45) is 6.04. The second-order valence-electron chi connectivity index (χ2n) is 6.38. The van der Waals surface area contributed by atoms with Crippen LogP contribution < -0.4 is 10.6 Å². The number of amides is 1. The lowest BCUT2D eigenvalue weighted by molar-refractivity contribution is 0.102. The SMILES string of the molecule is CN(C)CCCNc1cncc(C(=O)Nc2cccc3cccnc23)c1. The van der Waals surface area contributed by atoms with Crippen molar-refractivity contribution in [3.63, 3.8) is 0 Å². The Morgan fingerprint density at radius 1 is 1.15 bits per heavy atom. The topological polar surface area (TPSA) is 70.2 Å². The number of carbonyl (C=O) groups is 1. The molecule has 0 aliphatic carbocycles. The summed E-state index contributed by atoms with van der Waals surface area (Å²) in [7, 11) is 4.10. The van der Waals surface area contributed by atoms with Gasteiger partial charge in [0.1, 0.15) is 0 Å². The predicted molar refractivity (Wildman–Crippen MR) is 106 cm³/mol. The zero-order valence-corrected chi connectivity index (χ0v) is 15.1. The van der Waals surface area contributed by atoms with E-state index in [0.29, 0.717) is 11.3 Å². The van der Waals surface area contributed by atoms with Crippen molar-refractivity contribution in [3.8, 4) is 0 Å². The maximum Gasteiger partial charge on any atom is 0.257 e. The molecule has 0 spiro atoms. The van der Waals surface area contributed by atoms with E-state index in [9.17, 15) is 4.79 Å². The zero-order chi connectivity index (χ0) is 18.4. The van der Waals surface area contributed by atoms with Gasteiger partial charge in [-0.3, -0.25) is 14.8 Å². The van der Waals surface area contributed by atoms with Gasteiger partial charge in [0.05, 0.1) is 22.5 Å². The fraction of sp³-hybridized carbons (Fsp3) is 0.250. The van der Waals surface area contributed by atoms with Gasteiger partial charge in [-0.1, -0.05) is 18.2 Å². The molecule has 0 saturated heterocycles. The first-order chi connectivity index (χ1) is 12.6. The summed E-state index contributed by atoms with van der Waals surface area (Å²) in [4.78, 5) is 23.3. The molecule has 1 aromatic carbocycles. The maximum atomic E-state index is 12.6. The van der Waals surface area contributed by atoms with Crippen molar-refractivity contribution < 1.29 is 4.79 Å². The van der Waals surface area contributed by atoms with Gasteiger partial charge < -0.3 is 15.5 Å². The fourth-order valence-corrected chi connectivity index (χ4v) is 2.69. The summed E-state index contributed by atoms with van der Waals surface area (Å²) in [6.45, 7) is 1.84. The van der Waals surface area contributed by atoms with E-state index in [0.717, 1.165) is 36.1 Å². The number of carbonyl (C=O) groups excluding carboxylic acids is 1. The zero-order valence-electron chi connectivity index (χ0n) is 15.1. The molecule has 0 aliphatic heterocycles. The minimum atomic E-state index is -0.201. The van der Waals surface area contributed by atoms with Crippen LogP contribution in [0.2, 0.25) is 0 Å². The molecule has 0 bridgehead atoms. The molecule has 0 unspecified atom stereocenters. The molecule has 3 rings (SSSR count). The molecule has 0 atom stereocenters. The standard InChI is InChI=1S/C20H23N5O/c1-25(2)11-5-10-22-17-12-16(13-21-14-17)20(26)24-18-8-3-6-15-7-4-9-23-19(15)18/h3-4,6-9,12-14,22H,5,10-11H2,1-2H3,(H,24,26). The summed E-state index contributed by atoms with van der Waals surface area (Å²) in [6, 6.07) is 11.4. The number of pyridine rings is 2. The number of nitrogens with one attached hydrogen (secondary N) is 2. The lowest BCUT2D eigenvalue weighted by Gasteiger charge is -2.11. The van der Waals surface area contributed by atoms with Crippen LogP contribution in [0.1, 0.15) is 16.8 Å². The highest BCUT2D eigenvalue weighted by Crippen LogP contribution is 2.21. The second-order valence-corrected chi connectivity index (χ2v) is 6.38. The molecule has 2 heterocycles. The number of hydrogen-bond acceptors (Lipinski definition) is 5. The van der Waals surface area contributed by atoms with Gasteiger partial charge in [-0.15, -0.1) is 0 Å². The number of anilines is 2. The van der Waals surface area contributed by atoms with Gasteiger partial charge in [-0.2, -0.15) is 0 Å². The van der Waals surface area contributed by atoms with E-state index in [4.69, 9.17) is 0 Å². The summed E-state index contributed by atoms with van der Waals surface area (Å²) in [5.74, 6) is -0.201. The predicted octanol–water partition coefficient (Wildman–Crippen LogP) is 3.25. The van der Waals surface area contributed by atoms with E-state index in [-0.39, 0.29) is 5.91 Å². The first-order valence-corrected chi connectivity index (χ1v) is 8.62. The van der Waals surface area contributed by atoms with Gasteiger partial charge in [0.15, 0.2) is 0 Å². The molecule has 134 valence electrons. The highest BCUT2D eigenvalue weighted by Gasteiger charge is 2.10. The smallest absolute Gasteiger partial charge is 0.257 e. The number of fused-ring (bicyclic) bond motifs is 1. The third-order valence-corrected chi connectivity index (χ3v) is 3.99. The van der Waals surface area contributed by atoms with Gasteiger partial charge in [-0.05, 0) is 45.3 Å². The van der Waals surface area contributed by atoms with Gasteiger partial charge in [0.2, 0.25) is 0 Å². The summed E-state index contributed by atoms with van der Waals surface area (Å²) in [5, 5.41) is 7.23. The molecule has 0 saturated carbocycles. The minimum Gasteiger partial charge on any atom is -0.384 e. The lowest BCUT2D eigenvalue weighted by Crippen LogP contribution is -2.17. The van der Waals surface area contributed by atoms with Crippen LogP contribution in [0.25, 0.3) is 10.9 Å². The molecule has 6 nitrogen and oxygen atoms in total. The van der Waals surface area contributed by atoms with E-state index in [1.807, 2.05) is 36.4 Å². The van der Waals surface area contributed by atoms with Crippen LogP contribution in [-0.2, 0) is 0 Å². The third kappa shape index (κ3) is 4.55. The van der Waals surface area contributed by atoms with Crippen LogP contribution in [0.5, 0.6) is 0 Å². The highest BCUT2D eigenvalue weighted by molar-refractivity contribution is 6.08. The number of nitrogens with zero attached hydrogens (tertiary/aromatic N) is 3. The first-order valence-electron chi connectivity index (χ1n) is 8.62. The Labute approximate surface area is 153 Å². The molecule has 0 fully saturated rings.